The predicted octanol–water partition coefficient (Wildman–Crippen LogP) is 5.04. The molecule has 1 N–H and O–H groups in total. The summed E-state index contributed by atoms with van der Waals surface area (Å²) in [5, 5.41) is 14.0. The number of rotatable bonds is 4. The molecule has 1 aromatic heterocycles. The van der Waals surface area contributed by atoms with Crippen molar-refractivity contribution < 1.29 is 9.72 Å². The average molecular weight is 418 g/mol. The molecule has 126 valence electrons. The Labute approximate surface area is 155 Å². The number of thiazole rings is 1. The summed E-state index contributed by atoms with van der Waals surface area (Å²) in [5.74, 6) is -0.431. The highest BCUT2D eigenvalue weighted by atomic mass is 79.9. The first kappa shape index (κ1) is 17.2. The number of amides is 1. The Morgan fingerprint density at radius 1 is 1.24 bits per heavy atom. The Bertz CT molecular complexity index is 954. The van der Waals surface area contributed by atoms with Crippen molar-refractivity contribution in [2.45, 2.75) is 6.92 Å². The van der Waals surface area contributed by atoms with Gasteiger partial charge in [0.15, 0.2) is 5.13 Å². The molecule has 0 aliphatic rings. The minimum atomic E-state index is -0.532. The zero-order valence-electron chi connectivity index (χ0n) is 13.0. The molecule has 3 rings (SSSR count). The smallest absolute Gasteiger partial charge is 0.270 e. The van der Waals surface area contributed by atoms with Gasteiger partial charge in [0.05, 0.1) is 10.6 Å². The lowest BCUT2D eigenvalue weighted by Gasteiger charge is -2.01. The molecule has 8 heteroatoms. The Kier molecular flexibility index (Phi) is 4.91. The summed E-state index contributed by atoms with van der Waals surface area (Å²) < 4.78 is 0.975. The maximum Gasteiger partial charge on any atom is 0.270 e. The summed E-state index contributed by atoms with van der Waals surface area (Å²) in [6.45, 7) is 1.93. The highest BCUT2D eigenvalue weighted by Crippen LogP contribution is 2.31. The molecule has 0 aliphatic carbocycles. The van der Waals surface area contributed by atoms with E-state index in [0.29, 0.717) is 5.13 Å². The highest BCUT2D eigenvalue weighted by Gasteiger charge is 2.15. The number of hydrogen-bond acceptors (Lipinski definition) is 5. The van der Waals surface area contributed by atoms with Crippen LogP contribution in [0, 0.1) is 17.0 Å². The highest BCUT2D eigenvalue weighted by molar-refractivity contribution is 9.10. The van der Waals surface area contributed by atoms with Gasteiger partial charge in [-0.3, -0.25) is 20.2 Å². The lowest BCUT2D eigenvalue weighted by Crippen LogP contribution is -2.11. The lowest BCUT2D eigenvalue weighted by atomic mass is 10.1. The number of nitrogens with zero attached hydrogens (tertiary/aromatic N) is 2. The Morgan fingerprint density at radius 3 is 2.64 bits per heavy atom. The minimum absolute atomic E-state index is 0.126. The van der Waals surface area contributed by atoms with Crippen LogP contribution in [0.2, 0.25) is 0 Å². The summed E-state index contributed by atoms with van der Waals surface area (Å²) in [6, 6.07) is 13.3. The van der Waals surface area contributed by atoms with E-state index in [0.717, 1.165) is 20.6 Å². The van der Waals surface area contributed by atoms with Gasteiger partial charge < -0.3 is 0 Å². The predicted molar refractivity (Wildman–Crippen MR) is 101 cm³/mol. The van der Waals surface area contributed by atoms with Crippen molar-refractivity contribution >= 4 is 44.0 Å². The van der Waals surface area contributed by atoms with Crippen LogP contribution in [-0.2, 0) is 0 Å². The summed E-state index contributed by atoms with van der Waals surface area (Å²) in [4.78, 5) is 28.0. The van der Waals surface area contributed by atoms with Gasteiger partial charge in [0.25, 0.3) is 11.6 Å². The number of carbonyl (C=O) groups excluding carboxylic acids is 1. The molecule has 0 bridgehead atoms. The van der Waals surface area contributed by atoms with E-state index in [4.69, 9.17) is 0 Å². The third kappa shape index (κ3) is 3.92. The minimum Gasteiger partial charge on any atom is -0.298 e. The third-order valence-electron chi connectivity index (χ3n) is 3.45. The fourth-order valence-electron chi connectivity index (χ4n) is 2.26. The van der Waals surface area contributed by atoms with Crippen LogP contribution in [0.25, 0.3) is 11.3 Å². The first-order valence-electron chi connectivity index (χ1n) is 7.23. The van der Waals surface area contributed by atoms with Gasteiger partial charge in [-0.1, -0.05) is 34.1 Å². The Hall–Kier alpha value is -2.58. The second-order valence-corrected chi connectivity index (χ2v) is 7.31. The van der Waals surface area contributed by atoms with Crippen molar-refractivity contribution in [3.8, 4) is 11.3 Å². The fraction of sp³-hybridized carbons (Fsp3) is 0.0588. The number of benzene rings is 2. The number of nitrogens with one attached hydrogen (secondary N) is 1. The number of nitro groups is 1. The van der Waals surface area contributed by atoms with E-state index >= 15 is 0 Å². The topological polar surface area (TPSA) is 85.1 Å². The Morgan fingerprint density at radius 2 is 1.96 bits per heavy atom. The summed E-state index contributed by atoms with van der Waals surface area (Å²) in [6.07, 6.45) is 0. The molecule has 6 nitrogen and oxygen atoms in total. The van der Waals surface area contributed by atoms with Crippen molar-refractivity contribution in [2.75, 3.05) is 5.32 Å². The molecule has 0 saturated heterocycles. The third-order valence-corrected chi connectivity index (χ3v) is 4.87. The van der Waals surface area contributed by atoms with Gasteiger partial charge in [-0.2, -0.15) is 0 Å². The summed E-state index contributed by atoms with van der Waals surface area (Å²) in [5.41, 5.74) is 1.84. The van der Waals surface area contributed by atoms with Gasteiger partial charge in [-0.25, -0.2) is 4.98 Å². The second-order valence-electron chi connectivity index (χ2n) is 5.19. The van der Waals surface area contributed by atoms with Crippen molar-refractivity contribution in [2.24, 2.45) is 0 Å². The van der Waals surface area contributed by atoms with Crippen LogP contribution in [0.15, 0.2) is 53.0 Å². The average Bonchev–Trinajstić information content (AvgIpc) is 2.96. The zero-order valence-corrected chi connectivity index (χ0v) is 15.4. The molecular formula is C17H12BrN3O3S. The van der Waals surface area contributed by atoms with Crippen LogP contribution in [0.4, 0.5) is 10.8 Å². The SMILES string of the molecule is Cc1sc(NC(=O)c2cccc([N+](=O)[O-])c2)nc1-c1ccc(Br)cc1. The number of anilines is 1. The molecule has 1 heterocycles. The molecule has 3 aromatic rings. The van der Waals surface area contributed by atoms with E-state index in [1.807, 2.05) is 31.2 Å². The molecule has 0 unspecified atom stereocenters. The number of non-ortho nitro benzene ring substituents is 1. The monoisotopic (exact) mass is 417 g/mol. The van der Waals surface area contributed by atoms with Crippen LogP contribution in [0.3, 0.4) is 0 Å². The van der Waals surface area contributed by atoms with Crippen LogP contribution in [0.1, 0.15) is 15.2 Å². The fourth-order valence-corrected chi connectivity index (χ4v) is 3.35. The number of nitro benzene ring substituents is 1. The molecule has 0 atom stereocenters. The standard InChI is InChI=1S/C17H12BrN3O3S/c1-10-15(11-5-7-13(18)8-6-11)19-17(25-10)20-16(22)12-3-2-4-14(9-12)21(23)24/h2-9H,1H3,(H,19,20,22). The van der Waals surface area contributed by atoms with E-state index in [1.54, 1.807) is 0 Å². The van der Waals surface area contributed by atoms with E-state index in [9.17, 15) is 14.9 Å². The van der Waals surface area contributed by atoms with Gasteiger partial charge >= 0.3 is 0 Å². The van der Waals surface area contributed by atoms with E-state index in [-0.39, 0.29) is 11.3 Å². The molecule has 1 amide bonds. The molecule has 2 aromatic carbocycles. The zero-order chi connectivity index (χ0) is 18.0. The van der Waals surface area contributed by atoms with Gasteiger partial charge in [-0.15, -0.1) is 11.3 Å². The normalized spacial score (nSPS) is 10.5. The van der Waals surface area contributed by atoms with Crippen LogP contribution < -0.4 is 5.32 Å². The number of halogens is 1. The van der Waals surface area contributed by atoms with Crippen molar-refractivity contribution in [1.82, 2.24) is 4.98 Å². The van der Waals surface area contributed by atoms with Crippen LogP contribution >= 0.6 is 27.3 Å². The molecule has 0 saturated carbocycles. The molecule has 0 fully saturated rings. The first-order chi connectivity index (χ1) is 11.9. The maximum atomic E-state index is 12.3. The van der Waals surface area contributed by atoms with Gasteiger partial charge in [0, 0.05) is 32.6 Å². The quantitative estimate of drug-likeness (QED) is 0.475. The summed E-state index contributed by atoms with van der Waals surface area (Å²) >= 11 is 4.75. The molecular weight excluding hydrogens is 406 g/mol. The van der Waals surface area contributed by atoms with Gasteiger partial charge in [0.2, 0.25) is 0 Å². The largest absolute Gasteiger partial charge is 0.298 e. The van der Waals surface area contributed by atoms with E-state index in [1.165, 1.54) is 35.6 Å². The molecule has 0 spiro atoms. The van der Waals surface area contributed by atoms with Crippen molar-refractivity contribution in [1.29, 1.82) is 0 Å². The van der Waals surface area contributed by atoms with Crippen molar-refractivity contribution in [3.05, 3.63) is 73.6 Å². The van der Waals surface area contributed by atoms with Crippen LogP contribution in [0.5, 0.6) is 0 Å². The van der Waals surface area contributed by atoms with Crippen LogP contribution in [-0.4, -0.2) is 15.8 Å². The molecule has 25 heavy (non-hydrogen) atoms. The first-order valence-corrected chi connectivity index (χ1v) is 8.84. The Balaban J connectivity index is 1.83. The van der Waals surface area contributed by atoms with E-state index < -0.39 is 10.8 Å². The second kappa shape index (κ2) is 7.12. The number of aromatic nitrogens is 1. The number of carbonyl (C=O) groups is 1. The molecule has 0 radical (unpaired) electrons. The van der Waals surface area contributed by atoms with E-state index in [2.05, 4.69) is 26.2 Å². The van der Waals surface area contributed by atoms with Gasteiger partial charge in [0.1, 0.15) is 0 Å². The summed E-state index contributed by atoms with van der Waals surface area (Å²) in [7, 11) is 0. The number of hydrogen-bond donors (Lipinski definition) is 1. The maximum absolute atomic E-state index is 12.3. The number of aryl methyl sites for hydroxylation is 1. The molecule has 0 aliphatic heterocycles. The van der Waals surface area contributed by atoms with Gasteiger partial charge in [-0.05, 0) is 25.1 Å². The van der Waals surface area contributed by atoms with Crippen molar-refractivity contribution in [3.63, 3.8) is 0 Å². The lowest BCUT2D eigenvalue weighted by molar-refractivity contribution is -0.384.